The Kier molecular flexibility index (Phi) is 5.37. The van der Waals surface area contributed by atoms with E-state index in [1.165, 1.54) is 24.8 Å². The molecule has 7 atom stereocenters. The summed E-state index contributed by atoms with van der Waals surface area (Å²) in [5, 5.41) is 11.6. The Morgan fingerprint density at radius 1 is 1.00 bits per heavy atom. The first kappa shape index (κ1) is 21.6. The average molecular weight is 424 g/mol. The van der Waals surface area contributed by atoms with Gasteiger partial charge in [-0.25, -0.2) is 0 Å². The molecule has 3 heteroatoms. The second kappa shape index (κ2) is 7.70. The van der Waals surface area contributed by atoms with Crippen molar-refractivity contribution in [3.05, 3.63) is 35.9 Å². The summed E-state index contributed by atoms with van der Waals surface area (Å²) in [5.74, 6) is 3.27. The number of benzene rings is 1. The van der Waals surface area contributed by atoms with Crippen molar-refractivity contribution in [3.8, 4) is 0 Å². The normalized spacial score (nSPS) is 44.6. The van der Waals surface area contributed by atoms with E-state index in [-0.39, 0.29) is 5.41 Å². The smallest absolute Gasteiger partial charge is 0.139 e. The van der Waals surface area contributed by atoms with Gasteiger partial charge >= 0.3 is 0 Å². The third-order valence-corrected chi connectivity index (χ3v) is 10.4. The summed E-state index contributed by atoms with van der Waals surface area (Å²) < 4.78 is 0. The fraction of sp³-hybridized carbons (Fsp3) is 0.750. The maximum atomic E-state index is 12.6. The van der Waals surface area contributed by atoms with Gasteiger partial charge in [0.1, 0.15) is 5.78 Å². The van der Waals surface area contributed by atoms with Gasteiger partial charge in [-0.2, -0.15) is 0 Å². The lowest BCUT2D eigenvalue weighted by Crippen LogP contribution is -2.57. The summed E-state index contributed by atoms with van der Waals surface area (Å²) in [6.45, 7) is 6.48. The highest BCUT2D eigenvalue weighted by molar-refractivity contribution is 5.87. The van der Waals surface area contributed by atoms with Crippen molar-refractivity contribution in [1.82, 2.24) is 4.90 Å². The molecule has 31 heavy (non-hydrogen) atoms. The first-order valence-electron chi connectivity index (χ1n) is 12.7. The van der Waals surface area contributed by atoms with E-state index in [4.69, 9.17) is 0 Å². The molecule has 5 rings (SSSR count). The van der Waals surface area contributed by atoms with Crippen molar-refractivity contribution in [3.63, 3.8) is 0 Å². The molecule has 0 spiro atoms. The second-order valence-corrected chi connectivity index (χ2v) is 12.2. The van der Waals surface area contributed by atoms with Crippen LogP contribution in [0.2, 0.25) is 0 Å². The van der Waals surface area contributed by atoms with Gasteiger partial charge in [0.25, 0.3) is 0 Å². The number of likely N-dealkylation sites (N-methyl/N-ethyl adjacent to an activating group) is 1. The van der Waals surface area contributed by atoms with E-state index in [0.29, 0.717) is 23.0 Å². The van der Waals surface area contributed by atoms with Crippen molar-refractivity contribution in [1.29, 1.82) is 0 Å². The molecule has 0 aliphatic heterocycles. The SMILES string of the molecule is CN(Cc1ccccc1)C[C@@]1(O)CC[C@@]2(C)[C@@H](CC[C@@H]3[C@@H]2CC[C@]2(C)C(=O)CC[C@@H]32)C1. The lowest BCUT2D eigenvalue weighted by atomic mass is 9.44. The summed E-state index contributed by atoms with van der Waals surface area (Å²) in [6, 6.07) is 10.6. The first-order valence-corrected chi connectivity index (χ1v) is 12.7. The highest BCUT2D eigenvalue weighted by Gasteiger charge is 2.61. The maximum absolute atomic E-state index is 12.6. The Morgan fingerprint density at radius 2 is 1.77 bits per heavy atom. The van der Waals surface area contributed by atoms with Gasteiger partial charge in [0.05, 0.1) is 5.60 Å². The summed E-state index contributed by atoms with van der Waals surface area (Å²) in [7, 11) is 2.15. The van der Waals surface area contributed by atoms with E-state index in [1.54, 1.807) is 0 Å². The van der Waals surface area contributed by atoms with Gasteiger partial charge in [0.15, 0.2) is 0 Å². The third-order valence-electron chi connectivity index (χ3n) is 10.4. The first-order chi connectivity index (χ1) is 14.7. The van der Waals surface area contributed by atoms with Crippen LogP contribution in [-0.4, -0.2) is 35.0 Å². The Balaban J connectivity index is 1.27. The van der Waals surface area contributed by atoms with E-state index in [9.17, 15) is 9.90 Å². The molecule has 0 saturated heterocycles. The Morgan fingerprint density at radius 3 is 2.55 bits per heavy atom. The largest absolute Gasteiger partial charge is 0.389 e. The Bertz CT molecular complexity index is 824. The molecule has 4 aliphatic rings. The quantitative estimate of drug-likeness (QED) is 0.699. The predicted octanol–water partition coefficient (Wildman–Crippen LogP) is 5.46. The highest BCUT2D eigenvalue weighted by Crippen LogP contribution is 2.66. The number of fused-ring (bicyclic) bond motifs is 5. The van der Waals surface area contributed by atoms with Crippen molar-refractivity contribution < 1.29 is 9.90 Å². The average Bonchev–Trinajstić information content (AvgIpc) is 3.04. The van der Waals surface area contributed by atoms with Crippen LogP contribution in [0.3, 0.4) is 0 Å². The number of hydrogen-bond donors (Lipinski definition) is 1. The maximum Gasteiger partial charge on any atom is 0.139 e. The lowest BCUT2D eigenvalue weighted by Gasteiger charge is -2.61. The zero-order valence-corrected chi connectivity index (χ0v) is 19.8. The number of carbonyl (C=O) groups excluding carboxylic acids is 1. The van der Waals surface area contributed by atoms with E-state index in [0.717, 1.165) is 63.5 Å². The van der Waals surface area contributed by atoms with Crippen molar-refractivity contribution in [2.24, 2.45) is 34.5 Å². The molecule has 4 fully saturated rings. The predicted molar refractivity (Wildman–Crippen MR) is 124 cm³/mol. The van der Waals surface area contributed by atoms with Gasteiger partial charge in [-0.1, -0.05) is 44.2 Å². The minimum atomic E-state index is -0.562. The van der Waals surface area contributed by atoms with Crippen LogP contribution in [0.15, 0.2) is 30.3 Å². The number of aliphatic hydroxyl groups is 1. The van der Waals surface area contributed by atoms with E-state index in [1.807, 2.05) is 0 Å². The Hall–Kier alpha value is -1.19. The standard InChI is InChI=1S/C28H41NO2/c1-26-15-16-28(31,19-29(3)18-20-7-5-4-6-8-20)17-21(26)9-10-22-23-11-12-25(30)27(23,2)14-13-24(22)26/h4-8,21-24,31H,9-19H2,1-3H3/t21-,22-,23-,24-,26-,27-,28+/m0/s1. The van der Waals surface area contributed by atoms with Gasteiger partial charge < -0.3 is 5.11 Å². The summed E-state index contributed by atoms with van der Waals surface area (Å²) in [4.78, 5) is 15.0. The van der Waals surface area contributed by atoms with Crippen LogP contribution in [0.25, 0.3) is 0 Å². The molecule has 1 N–H and O–H groups in total. The van der Waals surface area contributed by atoms with Crippen LogP contribution >= 0.6 is 0 Å². The zero-order chi connectivity index (χ0) is 21.9. The summed E-state index contributed by atoms with van der Waals surface area (Å²) in [5.41, 5.74) is 1.07. The number of carbonyl (C=O) groups is 1. The van der Waals surface area contributed by atoms with Gasteiger partial charge in [0, 0.05) is 24.9 Å². The summed E-state index contributed by atoms with van der Waals surface area (Å²) in [6.07, 6.45) is 9.80. The monoisotopic (exact) mass is 423 g/mol. The zero-order valence-electron chi connectivity index (χ0n) is 19.8. The molecule has 170 valence electrons. The second-order valence-electron chi connectivity index (χ2n) is 12.2. The fourth-order valence-electron chi connectivity index (χ4n) is 8.69. The lowest BCUT2D eigenvalue weighted by molar-refractivity contribution is -0.156. The molecular formula is C28H41NO2. The molecule has 1 aromatic carbocycles. The van der Waals surface area contributed by atoms with Gasteiger partial charge in [-0.15, -0.1) is 0 Å². The number of Topliss-reactive ketones (excluding diaryl/α,β-unsaturated/α-hetero) is 1. The Labute approximate surface area is 188 Å². The van der Waals surface area contributed by atoms with Gasteiger partial charge in [-0.3, -0.25) is 9.69 Å². The van der Waals surface area contributed by atoms with Crippen LogP contribution in [-0.2, 0) is 11.3 Å². The number of rotatable bonds is 4. The molecule has 3 nitrogen and oxygen atoms in total. The van der Waals surface area contributed by atoms with Gasteiger partial charge in [0.2, 0.25) is 0 Å². The number of ketones is 1. The molecule has 0 radical (unpaired) electrons. The topological polar surface area (TPSA) is 40.5 Å². The molecule has 4 aliphatic carbocycles. The highest BCUT2D eigenvalue weighted by atomic mass is 16.3. The minimum absolute atomic E-state index is 0.0279. The molecule has 0 unspecified atom stereocenters. The van der Waals surface area contributed by atoms with Crippen LogP contribution in [0.4, 0.5) is 0 Å². The van der Waals surface area contributed by atoms with Crippen LogP contribution in [0.1, 0.15) is 77.2 Å². The molecule has 4 saturated carbocycles. The van der Waals surface area contributed by atoms with Crippen LogP contribution < -0.4 is 0 Å². The van der Waals surface area contributed by atoms with Crippen LogP contribution in [0.5, 0.6) is 0 Å². The van der Waals surface area contributed by atoms with Crippen molar-refractivity contribution in [2.75, 3.05) is 13.6 Å². The van der Waals surface area contributed by atoms with E-state index in [2.05, 4.69) is 56.1 Å². The summed E-state index contributed by atoms with van der Waals surface area (Å²) >= 11 is 0. The molecule has 0 bridgehead atoms. The third kappa shape index (κ3) is 3.60. The molecule has 0 amide bonds. The number of hydrogen-bond acceptors (Lipinski definition) is 3. The van der Waals surface area contributed by atoms with Crippen molar-refractivity contribution >= 4 is 5.78 Å². The molecular weight excluding hydrogens is 382 g/mol. The molecule has 0 heterocycles. The number of nitrogens with zero attached hydrogens (tertiary/aromatic N) is 1. The van der Waals surface area contributed by atoms with Crippen molar-refractivity contribution in [2.45, 2.75) is 83.8 Å². The minimum Gasteiger partial charge on any atom is -0.389 e. The van der Waals surface area contributed by atoms with E-state index < -0.39 is 5.60 Å². The molecule has 1 aromatic rings. The molecule has 0 aromatic heterocycles. The van der Waals surface area contributed by atoms with Gasteiger partial charge in [-0.05, 0) is 93.1 Å². The van der Waals surface area contributed by atoms with Crippen LogP contribution in [0, 0.1) is 34.5 Å². The fourth-order valence-corrected chi connectivity index (χ4v) is 8.69. The van der Waals surface area contributed by atoms with E-state index >= 15 is 0 Å².